The fourth-order valence-electron chi connectivity index (χ4n) is 1.88. The predicted molar refractivity (Wildman–Crippen MR) is 69.5 cm³/mol. The van der Waals surface area contributed by atoms with Gasteiger partial charge in [0.15, 0.2) is 5.58 Å². The Morgan fingerprint density at radius 1 is 1.39 bits per heavy atom. The zero-order valence-corrected chi connectivity index (χ0v) is 10.5. The molecule has 5 heteroatoms. The minimum absolute atomic E-state index is 0.239. The summed E-state index contributed by atoms with van der Waals surface area (Å²) in [5.74, 6) is -0.335. The topological polar surface area (TPSA) is 67.4 Å². The van der Waals surface area contributed by atoms with E-state index in [0.717, 1.165) is 37.0 Å². The number of oxazole rings is 1. The quantitative estimate of drug-likeness (QED) is 0.750. The van der Waals surface area contributed by atoms with Gasteiger partial charge in [-0.3, -0.25) is 4.57 Å². The van der Waals surface area contributed by atoms with Crippen LogP contribution in [-0.4, -0.2) is 22.8 Å². The van der Waals surface area contributed by atoms with E-state index < -0.39 is 0 Å². The first-order chi connectivity index (χ1) is 8.72. The van der Waals surface area contributed by atoms with Gasteiger partial charge in [0.2, 0.25) is 0 Å². The molecule has 0 saturated carbocycles. The first-order valence-corrected chi connectivity index (χ1v) is 6.12. The van der Waals surface area contributed by atoms with Crippen molar-refractivity contribution in [2.75, 3.05) is 13.2 Å². The molecule has 0 unspecified atom stereocenters. The number of aromatic nitrogens is 1. The number of nitrogens with zero attached hydrogens (tertiary/aromatic N) is 1. The van der Waals surface area contributed by atoms with Crippen LogP contribution in [0.2, 0.25) is 0 Å². The lowest BCUT2D eigenvalue weighted by Crippen LogP contribution is -2.14. The average molecular weight is 250 g/mol. The van der Waals surface area contributed by atoms with E-state index in [4.69, 9.17) is 9.52 Å². The van der Waals surface area contributed by atoms with Crippen LogP contribution in [0.25, 0.3) is 11.1 Å². The largest absolute Gasteiger partial charge is 0.419 e. The Balaban J connectivity index is 2.00. The molecule has 2 aromatic rings. The van der Waals surface area contributed by atoms with E-state index in [1.54, 1.807) is 7.05 Å². The number of aliphatic hydroxyl groups excluding tert-OH is 1. The minimum Gasteiger partial charge on any atom is -0.408 e. The normalized spacial score (nSPS) is 11.2. The van der Waals surface area contributed by atoms with Crippen molar-refractivity contribution in [3.05, 3.63) is 34.3 Å². The molecule has 98 valence electrons. The van der Waals surface area contributed by atoms with Gasteiger partial charge in [-0.1, -0.05) is 6.07 Å². The Morgan fingerprint density at radius 3 is 3.00 bits per heavy atom. The lowest BCUT2D eigenvalue weighted by molar-refractivity contribution is 0.283. The Labute approximate surface area is 105 Å². The van der Waals surface area contributed by atoms with Crippen molar-refractivity contribution in [2.45, 2.75) is 19.4 Å². The van der Waals surface area contributed by atoms with E-state index in [1.807, 2.05) is 18.2 Å². The fourth-order valence-corrected chi connectivity index (χ4v) is 1.88. The molecular weight excluding hydrogens is 232 g/mol. The molecule has 0 aliphatic rings. The van der Waals surface area contributed by atoms with Gasteiger partial charge in [0.25, 0.3) is 0 Å². The smallest absolute Gasteiger partial charge is 0.408 e. The van der Waals surface area contributed by atoms with Crippen LogP contribution in [0.1, 0.15) is 18.4 Å². The summed E-state index contributed by atoms with van der Waals surface area (Å²) >= 11 is 0. The number of nitrogens with one attached hydrogen (secondary N) is 1. The molecule has 0 aliphatic heterocycles. The summed E-state index contributed by atoms with van der Waals surface area (Å²) in [5.41, 5.74) is 2.52. The summed E-state index contributed by atoms with van der Waals surface area (Å²) in [4.78, 5) is 11.3. The number of hydrogen-bond acceptors (Lipinski definition) is 4. The van der Waals surface area contributed by atoms with Crippen molar-refractivity contribution in [1.29, 1.82) is 0 Å². The van der Waals surface area contributed by atoms with Crippen molar-refractivity contribution in [1.82, 2.24) is 9.88 Å². The Morgan fingerprint density at radius 2 is 2.22 bits per heavy atom. The highest BCUT2D eigenvalue weighted by Gasteiger charge is 2.05. The molecule has 1 heterocycles. The Kier molecular flexibility index (Phi) is 4.17. The molecule has 0 atom stereocenters. The summed E-state index contributed by atoms with van der Waals surface area (Å²) in [6.07, 6.45) is 1.78. The molecular formula is C13H18N2O3. The summed E-state index contributed by atoms with van der Waals surface area (Å²) in [6, 6.07) is 5.76. The molecule has 0 saturated heterocycles. The zero-order chi connectivity index (χ0) is 13.0. The number of fused-ring (bicyclic) bond motifs is 1. The molecule has 2 rings (SSSR count). The molecule has 0 spiro atoms. The molecule has 1 aromatic heterocycles. The van der Waals surface area contributed by atoms with E-state index in [9.17, 15) is 4.79 Å². The first kappa shape index (κ1) is 12.9. The molecule has 18 heavy (non-hydrogen) atoms. The van der Waals surface area contributed by atoms with Gasteiger partial charge >= 0.3 is 5.76 Å². The van der Waals surface area contributed by atoms with Crippen molar-refractivity contribution >= 4 is 11.1 Å². The minimum atomic E-state index is -0.335. The molecule has 0 amide bonds. The number of unbranched alkanes of at least 4 members (excludes halogenated alkanes) is 1. The third kappa shape index (κ3) is 2.80. The van der Waals surface area contributed by atoms with Crippen LogP contribution >= 0.6 is 0 Å². The lowest BCUT2D eigenvalue weighted by Gasteiger charge is -2.04. The number of benzene rings is 1. The van der Waals surface area contributed by atoms with Gasteiger partial charge in [-0.05, 0) is 37.1 Å². The van der Waals surface area contributed by atoms with E-state index in [2.05, 4.69) is 5.32 Å². The lowest BCUT2D eigenvalue weighted by atomic mass is 10.2. The molecule has 0 radical (unpaired) electrons. The van der Waals surface area contributed by atoms with Crippen LogP contribution in [0.3, 0.4) is 0 Å². The standard InChI is InChI=1S/C13H18N2O3/c1-15-11-5-4-10(8-12(11)18-13(15)17)9-14-6-2-3-7-16/h4-5,8,14,16H,2-3,6-7,9H2,1H3. The van der Waals surface area contributed by atoms with Crippen molar-refractivity contribution < 1.29 is 9.52 Å². The van der Waals surface area contributed by atoms with Crippen LogP contribution in [-0.2, 0) is 13.6 Å². The van der Waals surface area contributed by atoms with Gasteiger partial charge in [0, 0.05) is 20.2 Å². The van der Waals surface area contributed by atoms with Gasteiger partial charge in [0.05, 0.1) is 5.52 Å². The van der Waals surface area contributed by atoms with E-state index in [-0.39, 0.29) is 12.4 Å². The van der Waals surface area contributed by atoms with Gasteiger partial charge < -0.3 is 14.8 Å². The number of aliphatic hydroxyl groups is 1. The number of rotatable bonds is 6. The van der Waals surface area contributed by atoms with E-state index >= 15 is 0 Å². The second kappa shape index (κ2) is 5.84. The average Bonchev–Trinajstić information content (AvgIpc) is 2.65. The highest BCUT2D eigenvalue weighted by molar-refractivity contribution is 5.73. The van der Waals surface area contributed by atoms with Crippen LogP contribution < -0.4 is 11.1 Å². The molecule has 0 fully saturated rings. The SMILES string of the molecule is Cn1c(=O)oc2cc(CNCCCCO)ccc21. The van der Waals surface area contributed by atoms with Gasteiger partial charge in [-0.15, -0.1) is 0 Å². The van der Waals surface area contributed by atoms with Crippen molar-refractivity contribution in [2.24, 2.45) is 7.05 Å². The van der Waals surface area contributed by atoms with Crippen molar-refractivity contribution in [3.8, 4) is 0 Å². The van der Waals surface area contributed by atoms with Gasteiger partial charge in [-0.25, -0.2) is 4.79 Å². The summed E-state index contributed by atoms with van der Waals surface area (Å²) in [6.45, 7) is 1.85. The third-order valence-electron chi connectivity index (χ3n) is 2.95. The highest BCUT2D eigenvalue weighted by Crippen LogP contribution is 2.14. The first-order valence-electron chi connectivity index (χ1n) is 6.12. The third-order valence-corrected chi connectivity index (χ3v) is 2.95. The second-order valence-corrected chi connectivity index (χ2v) is 4.34. The molecule has 5 nitrogen and oxygen atoms in total. The maximum Gasteiger partial charge on any atom is 0.419 e. The number of hydrogen-bond donors (Lipinski definition) is 2. The molecule has 1 aromatic carbocycles. The molecule has 0 aliphatic carbocycles. The van der Waals surface area contributed by atoms with Crippen molar-refractivity contribution in [3.63, 3.8) is 0 Å². The van der Waals surface area contributed by atoms with E-state index in [0.29, 0.717) is 5.58 Å². The summed E-state index contributed by atoms with van der Waals surface area (Å²) in [5, 5.41) is 11.9. The van der Waals surface area contributed by atoms with Crippen LogP contribution in [0.15, 0.2) is 27.4 Å². The van der Waals surface area contributed by atoms with Gasteiger partial charge in [-0.2, -0.15) is 0 Å². The maximum absolute atomic E-state index is 11.3. The van der Waals surface area contributed by atoms with Gasteiger partial charge in [0.1, 0.15) is 0 Å². The zero-order valence-electron chi connectivity index (χ0n) is 10.5. The van der Waals surface area contributed by atoms with Crippen LogP contribution in [0.4, 0.5) is 0 Å². The highest BCUT2D eigenvalue weighted by atomic mass is 16.4. The Bertz CT molecular complexity index is 571. The fraction of sp³-hybridized carbons (Fsp3) is 0.462. The maximum atomic E-state index is 11.3. The summed E-state index contributed by atoms with van der Waals surface area (Å²) in [7, 11) is 1.70. The van der Waals surface area contributed by atoms with Crippen LogP contribution in [0.5, 0.6) is 0 Å². The van der Waals surface area contributed by atoms with Crippen LogP contribution in [0, 0.1) is 0 Å². The number of aryl methyl sites for hydroxylation is 1. The predicted octanol–water partition coefficient (Wildman–Crippen LogP) is 0.994. The monoisotopic (exact) mass is 250 g/mol. The van der Waals surface area contributed by atoms with E-state index in [1.165, 1.54) is 4.57 Å². The Hall–Kier alpha value is -1.59. The second-order valence-electron chi connectivity index (χ2n) is 4.34. The summed E-state index contributed by atoms with van der Waals surface area (Å²) < 4.78 is 6.62. The molecule has 0 bridgehead atoms. The molecule has 2 N–H and O–H groups in total.